The molecule has 0 aliphatic heterocycles. The average Bonchev–Trinajstić information content (AvgIpc) is 3.24. The summed E-state index contributed by atoms with van der Waals surface area (Å²) < 4.78 is 8.76. The van der Waals surface area contributed by atoms with E-state index < -0.39 is 5.97 Å². The Bertz CT molecular complexity index is 1500. The van der Waals surface area contributed by atoms with E-state index in [1.165, 1.54) is 12.1 Å². The fourth-order valence-electron chi connectivity index (χ4n) is 3.58. The van der Waals surface area contributed by atoms with Gasteiger partial charge in [-0.1, -0.05) is 24.3 Å². The van der Waals surface area contributed by atoms with Gasteiger partial charge in [0.05, 0.1) is 24.7 Å². The first-order chi connectivity index (χ1) is 16.9. The highest BCUT2D eigenvalue weighted by atomic mass is 16.5. The third-order valence-corrected chi connectivity index (χ3v) is 5.31. The van der Waals surface area contributed by atoms with Crippen molar-refractivity contribution in [1.29, 1.82) is 0 Å². The monoisotopic (exact) mass is 468 g/mol. The van der Waals surface area contributed by atoms with Gasteiger partial charge in [-0.05, 0) is 54.1 Å². The van der Waals surface area contributed by atoms with Crippen LogP contribution in [0.2, 0.25) is 0 Å². The van der Waals surface area contributed by atoms with Crippen LogP contribution in [0.15, 0.2) is 102 Å². The quantitative estimate of drug-likeness (QED) is 0.374. The number of fused-ring (bicyclic) bond motifs is 1. The molecule has 0 bridgehead atoms. The number of hydrogen-bond acceptors (Lipinski definition) is 5. The second-order valence-electron chi connectivity index (χ2n) is 7.70. The zero-order valence-corrected chi connectivity index (χ0v) is 19.0. The van der Waals surface area contributed by atoms with Crippen LogP contribution in [0.1, 0.15) is 16.2 Å². The molecular formula is C27H24N4O4. The van der Waals surface area contributed by atoms with Crippen molar-refractivity contribution < 1.29 is 14.6 Å². The zero-order chi connectivity index (χ0) is 24.8. The highest BCUT2D eigenvalue weighted by Gasteiger charge is 2.16. The van der Waals surface area contributed by atoms with Gasteiger partial charge in [-0.25, -0.2) is 9.78 Å². The number of aromatic carboxylic acids is 1. The number of anilines is 1. The van der Waals surface area contributed by atoms with Gasteiger partial charge in [0.1, 0.15) is 5.75 Å². The Morgan fingerprint density at radius 1 is 0.971 bits per heavy atom. The number of imidazole rings is 1. The molecule has 0 aliphatic carbocycles. The van der Waals surface area contributed by atoms with Gasteiger partial charge in [-0.15, -0.1) is 0 Å². The molecule has 0 atom stereocenters. The number of ether oxygens (including phenoxy) is 1. The predicted octanol–water partition coefficient (Wildman–Crippen LogP) is 4.21. The van der Waals surface area contributed by atoms with E-state index in [1.807, 2.05) is 77.4 Å². The molecule has 0 spiro atoms. The highest BCUT2D eigenvalue weighted by Crippen LogP contribution is 2.20. The number of hydrogen-bond donors (Lipinski definition) is 2. The number of carboxylic acid groups (broad SMARTS) is 1. The number of carbonyl (C=O) groups is 1. The summed E-state index contributed by atoms with van der Waals surface area (Å²) in [7, 11) is 1.61. The Morgan fingerprint density at radius 2 is 1.69 bits per heavy atom. The van der Waals surface area contributed by atoms with E-state index in [0.29, 0.717) is 12.1 Å². The Hall–Kier alpha value is -4.85. The summed E-state index contributed by atoms with van der Waals surface area (Å²) in [5.74, 6) is -0.248. The molecule has 2 heterocycles. The van der Waals surface area contributed by atoms with Crippen LogP contribution in [0.4, 0.5) is 5.69 Å². The molecule has 176 valence electrons. The van der Waals surface area contributed by atoms with Gasteiger partial charge in [0, 0.05) is 35.9 Å². The molecule has 35 heavy (non-hydrogen) atoms. The lowest BCUT2D eigenvalue weighted by Gasteiger charge is -2.08. The van der Waals surface area contributed by atoms with Crippen molar-refractivity contribution in [1.82, 2.24) is 14.1 Å². The van der Waals surface area contributed by atoms with Crippen LogP contribution in [0.5, 0.6) is 5.75 Å². The minimum absolute atomic E-state index is 0.0108. The summed E-state index contributed by atoms with van der Waals surface area (Å²) in [6, 6.07) is 25.5. The van der Waals surface area contributed by atoms with Crippen molar-refractivity contribution in [3.8, 4) is 11.4 Å². The Labute approximate surface area is 201 Å². The molecule has 0 unspecified atom stereocenters. The SMILES string of the molecule is COc1cccc(Cn2c(C(=O)O)nc3ccccc32)c1.Nc1ccc(-n2ccc(=O)cc2)cc1. The van der Waals surface area contributed by atoms with Crippen LogP contribution in [-0.2, 0) is 6.54 Å². The molecule has 0 aliphatic rings. The number of benzene rings is 3. The van der Waals surface area contributed by atoms with Crippen LogP contribution in [-0.4, -0.2) is 32.3 Å². The highest BCUT2D eigenvalue weighted by molar-refractivity contribution is 5.89. The average molecular weight is 469 g/mol. The molecular weight excluding hydrogens is 444 g/mol. The van der Waals surface area contributed by atoms with Gasteiger partial charge in [-0.2, -0.15) is 0 Å². The van der Waals surface area contributed by atoms with Crippen molar-refractivity contribution in [3.63, 3.8) is 0 Å². The number of pyridine rings is 1. The maximum Gasteiger partial charge on any atom is 0.372 e. The molecule has 0 fully saturated rings. The minimum atomic E-state index is -1.03. The van der Waals surface area contributed by atoms with Crippen molar-refractivity contribution in [2.24, 2.45) is 0 Å². The summed E-state index contributed by atoms with van der Waals surface area (Å²) in [6.07, 6.45) is 3.46. The Morgan fingerprint density at radius 3 is 2.37 bits per heavy atom. The number of nitrogen functional groups attached to an aromatic ring is 1. The lowest BCUT2D eigenvalue weighted by Crippen LogP contribution is -2.10. The third-order valence-electron chi connectivity index (χ3n) is 5.31. The van der Waals surface area contributed by atoms with Crippen molar-refractivity contribution in [2.75, 3.05) is 12.8 Å². The van der Waals surface area contributed by atoms with E-state index in [0.717, 1.165) is 28.2 Å². The molecule has 8 nitrogen and oxygen atoms in total. The van der Waals surface area contributed by atoms with Gasteiger partial charge in [-0.3, -0.25) is 4.79 Å². The van der Waals surface area contributed by atoms with Gasteiger partial charge < -0.3 is 24.7 Å². The number of rotatable bonds is 5. The van der Waals surface area contributed by atoms with E-state index in [4.69, 9.17) is 10.5 Å². The molecule has 0 saturated carbocycles. The van der Waals surface area contributed by atoms with Crippen LogP contribution in [0.3, 0.4) is 0 Å². The van der Waals surface area contributed by atoms with Crippen molar-refractivity contribution in [3.05, 3.63) is 119 Å². The number of nitrogens with two attached hydrogens (primary N) is 1. The lowest BCUT2D eigenvalue weighted by atomic mass is 10.2. The number of methoxy groups -OCH3 is 1. The smallest absolute Gasteiger partial charge is 0.372 e. The first-order valence-electron chi connectivity index (χ1n) is 10.8. The lowest BCUT2D eigenvalue weighted by molar-refractivity contribution is 0.0679. The molecule has 3 N–H and O–H groups in total. The second-order valence-corrected chi connectivity index (χ2v) is 7.70. The van der Waals surface area contributed by atoms with E-state index in [2.05, 4.69) is 4.98 Å². The van der Waals surface area contributed by atoms with Gasteiger partial charge in [0.15, 0.2) is 5.43 Å². The molecule has 0 radical (unpaired) electrons. The van der Waals surface area contributed by atoms with Gasteiger partial charge >= 0.3 is 5.97 Å². The first-order valence-corrected chi connectivity index (χ1v) is 10.8. The third kappa shape index (κ3) is 5.56. The van der Waals surface area contributed by atoms with Gasteiger partial charge in [0.2, 0.25) is 5.82 Å². The normalized spacial score (nSPS) is 10.4. The second kappa shape index (κ2) is 10.4. The zero-order valence-electron chi connectivity index (χ0n) is 19.0. The minimum Gasteiger partial charge on any atom is -0.497 e. The van der Waals surface area contributed by atoms with Crippen LogP contribution in [0.25, 0.3) is 16.7 Å². The summed E-state index contributed by atoms with van der Waals surface area (Å²) in [5, 5.41) is 9.34. The molecule has 3 aromatic carbocycles. The van der Waals surface area contributed by atoms with Crippen molar-refractivity contribution in [2.45, 2.75) is 6.54 Å². The van der Waals surface area contributed by atoms with Crippen molar-refractivity contribution >= 4 is 22.7 Å². The fourth-order valence-corrected chi connectivity index (χ4v) is 3.58. The summed E-state index contributed by atoms with van der Waals surface area (Å²) in [6.45, 7) is 0.430. The van der Waals surface area contributed by atoms with E-state index in [-0.39, 0.29) is 11.3 Å². The molecule has 5 rings (SSSR count). The van der Waals surface area contributed by atoms with E-state index in [1.54, 1.807) is 24.1 Å². The van der Waals surface area contributed by atoms with Crippen LogP contribution < -0.4 is 15.9 Å². The number of aromatic nitrogens is 3. The molecule has 0 amide bonds. The van der Waals surface area contributed by atoms with E-state index in [9.17, 15) is 14.7 Å². The standard InChI is InChI=1S/C16H14N2O3.C11H10N2O/c1-21-12-6-4-5-11(9-12)10-18-14-8-3-2-7-13(14)17-15(18)16(19)20;12-9-1-3-10(4-2-9)13-7-5-11(14)6-8-13/h2-9H,10H2,1H3,(H,19,20);1-8H,12H2. The Kier molecular flexibility index (Phi) is 6.92. The summed E-state index contributed by atoms with van der Waals surface area (Å²) >= 11 is 0. The Balaban J connectivity index is 0.000000179. The topological polar surface area (TPSA) is 112 Å². The van der Waals surface area contributed by atoms with Gasteiger partial charge in [0.25, 0.3) is 0 Å². The molecule has 8 heteroatoms. The maximum atomic E-state index is 11.4. The summed E-state index contributed by atoms with van der Waals surface area (Å²) in [5.41, 5.74) is 9.74. The van der Waals surface area contributed by atoms with Crippen LogP contribution >= 0.6 is 0 Å². The number of para-hydroxylation sites is 2. The molecule has 5 aromatic rings. The first kappa shape index (κ1) is 23.3. The number of carboxylic acids is 1. The predicted molar refractivity (Wildman–Crippen MR) is 135 cm³/mol. The van der Waals surface area contributed by atoms with Crippen LogP contribution in [0, 0.1) is 0 Å². The number of nitrogens with zero attached hydrogens (tertiary/aromatic N) is 3. The molecule has 0 saturated heterocycles. The fraction of sp³-hybridized carbons (Fsp3) is 0.0741. The largest absolute Gasteiger partial charge is 0.497 e. The molecule has 2 aromatic heterocycles. The summed E-state index contributed by atoms with van der Waals surface area (Å²) in [4.78, 5) is 26.5. The van der Waals surface area contributed by atoms with E-state index >= 15 is 0 Å². The maximum absolute atomic E-state index is 11.4.